The number of anilines is 1. The van der Waals surface area contributed by atoms with Gasteiger partial charge in [-0.3, -0.25) is 9.59 Å². The van der Waals surface area contributed by atoms with E-state index in [0.717, 1.165) is 62.5 Å². The largest absolute Gasteiger partial charge is 0.485 e. The average Bonchev–Trinajstić information content (AvgIpc) is 3.27. The number of carbonyl (C=O) groups excluding carboxylic acids is 2. The molecule has 2 aromatic heterocycles. The lowest BCUT2D eigenvalue weighted by molar-refractivity contribution is -0.145. The van der Waals surface area contributed by atoms with Gasteiger partial charge in [-0.2, -0.15) is 4.39 Å². The van der Waals surface area contributed by atoms with E-state index < -0.39 is 48.3 Å². The first-order chi connectivity index (χ1) is 29.7. The molecular weight excluding hydrogens is 838 g/mol. The monoisotopic (exact) mass is 899 g/mol. The van der Waals surface area contributed by atoms with Crippen molar-refractivity contribution >= 4 is 37.4 Å². The van der Waals surface area contributed by atoms with Crippen molar-refractivity contribution in [2.75, 3.05) is 30.5 Å². The number of halogens is 1. The van der Waals surface area contributed by atoms with Gasteiger partial charge in [0.15, 0.2) is 47.0 Å². The van der Waals surface area contributed by atoms with Gasteiger partial charge in [0, 0.05) is 0 Å². The van der Waals surface area contributed by atoms with E-state index >= 15 is 0 Å². The predicted octanol–water partition coefficient (Wildman–Crippen LogP) is 8.89. The van der Waals surface area contributed by atoms with Crippen molar-refractivity contribution in [1.82, 2.24) is 9.97 Å². The highest BCUT2D eigenvalue weighted by molar-refractivity contribution is 7.91. The molecule has 2 heterocycles. The Morgan fingerprint density at radius 1 is 0.613 bits per heavy atom. The van der Waals surface area contributed by atoms with E-state index in [1.807, 2.05) is 67.6 Å². The van der Waals surface area contributed by atoms with Crippen LogP contribution >= 0.6 is 0 Å². The van der Waals surface area contributed by atoms with Crippen molar-refractivity contribution in [3.8, 4) is 11.5 Å². The standard InChI is InChI=1S/C23H30FNO5S.C23H32N2O5S/c2*1-3-5-9-18(4-2)16-30-22(26)14-15-31(27,28)21-13-12-20(23(24)25-21)29-17-19-10-7-6-8-11-19/h6-8,10-13,18H,3-5,9,14-17H2,1-2H3;6-8,10-13,18H,3-5,9,14-17H2,1-2H3,(H2,24,25). The molecule has 2 atom stereocenters. The first-order valence-electron chi connectivity index (χ1n) is 21.2. The molecule has 340 valence electrons. The summed E-state index contributed by atoms with van der Waals surface area (Å²) in [6, 6.07) is 23.9. The van der Waals surface area contributed by atoms with Gasteiger partial charge in [0.2, 0.25) is 0 Å². The van der Waals surface area contributed by atoms with Crippen molar-refractivity contribution in [1.29, 1.82) is 0 Å². The lowest BCUT2D eigenvalue weighted by atomic mass is 10.0. The fraction of sp³-hybridized carbons (Fsp3) is 0.478. The molecule has 0 fully saturated rings. The number of hydrogen-bond acceptors (Lipinski definition) is 13. The molecule has 2 N–H and O–H groups in total. The first kappa shape index (κ1) is 51.3. The third-order valence-corrected chi connectivity index (χ3v) is 13.2. The maximum absolute atomic E-state index is 14.2. The van der Waals surface area contributed by atoms with Gasteiger partial charge < -0.3 is 24.7 Å². The minimum absolute atomic E-state index is 0.0127. The second kappa shape index (κ2) is 27.1. The molecule has 0 aliphatic heterocycles. The van der Waals surface area contributed by atoms with Crippen LogP contribution in [-0.2, 0) is 52.0 Å². The second-order valence-electron chi connectivity index (χ2n) is 14.9. The van der Waals surface area contributed by atoms with Gasteiger partial charge in [0.05, 0.1) is 37.6 Å². The van der Waals surface area contributed by atoms with Gasteiger partial charge in [-0.05, 0) is 60.1 Å². The Morgan fingerprint density at radius 2 is 1.03 bits per heavy atom. The van der Waals surface area contributed by atoms with Gasteiger partial charge in [0.1, 0.15) is 13.2 Å². The number of esters is 2. The molecule has 0 spiro atoms. The predicted molar refractivity (Wildman–Crippen MR) is 236 cm³/mol. The third-order valence-electron chi connectivity index (χ3n) is 9.96. The summed E-state index contributed by atoms with van der Waals surface area (Å²) < 4.78 is 85.7. The van der Waals surface area contributed by atoms with Crippen LogP contribution < -0.4 is 15.2 Å². The van der Waals surface area contributed by atoms with Crippen molar-refractivity contribution in [2.45, 2.75) is 115 Å². The zero-order valence-electron chi connectivity index (χ0n) is 36.3. The Bertz CT molecular complexity index is 2020. The van der Waals surface area contributed by atoms with Crippen LogP contribution in [0.5, 0.6) is 11.5 Å². The topological polar surface area (TPSA) is 191 Å². The molecule has 4 aromatic rings. The smallest absolute Gasteiger partial charge is 0.306 e. The highest BCUT2D eigenvalue weighted by Gasteiger charge is 2.23. The number of ether oxygens (including phenoxy) is 4. The number of unbranched alkanes of at least 4 members (excludes halogenated alkanes) is 2. The molecule has 0 radical (unpaired) electrons. The number of pyridine rings is 2. The van der Waals surface area contributed by atoms with Crippen LogP contribution in [0, 0.1) is 17.8 Å². The number of nitrogens with zero attached hydrogens (tertiary/aromatic N) is 2. The zero-order chi connectivity index (χ0) is 45.4. The SMILES string of the molecule is CCCCC(CC)COC(=O)CCS(=O)(=O)c1ccc(OCc2ccccc2)c(F)n1.CCCCC(CC)COC(=O)CCS(=O)(=O)c1ccc(OCc2ccccc2)c(N)n1. The fourth-order valence-corrected chi connectivity index (χ4v) is 8.20. The van der Waals surface area contributed by atoms with Crippen LogP contribution in [0.2, 0.25) is 0 Å². The van der Waals surface area contributed by atoms with Gasteiger partial charge in [0.25, 0.3) is 5.95 Å². The fourth-order valence-electron chi connectivity index (χ4n) is 5.90. The van der Waals surface area contributed by atoms with Gasteiger partial charge >= 0.3 is 11.9 Å². The normalized spacial score (nSPS) is 12.3. The maximum atomic E-state index is 14.2. The van der Waals surface area contributed by atoms with Crippen molar-refractivity contribution in [3.63, 3.8) is 0 Å². The number of hydrogen-bond donors (Lipinski definition) is 1. The molecule has 0 bridgehead atoms. The highest BCUT2D eigenvalue weighted by Crippen LogP contribution is 2.24. The summed E-state index contributed by atoms with van der Waals surface area (Å²) in [7, 11) is -7.70. The maximum Gasteiger partial charge on any atom is 0.306 e. The molecule has 16 heteroatoms. The van der Waals surface area contributed by atoms with E-state index in [1.165, 1.54) is 24.3 Å². The Hall–Kier alpha value is -5.09. The minimum Gasteiger partial charge on any atom is -0.485 e. The van der Waals surface area contributed by atoms with Gasteiger partial charge in [-0.15, -0.1) is 0 Å². The quantitative estimate of drug-likeness (QED) is 0.0465. The molecule has 4 rings (SSSR count). The summed E-state index contributed by atoms with van der Waals surface area (Å²) in [4.78, 5) is 31.5. The summed E-state index contributed by atoms with van der Waals surface area (Å²) in [5.41, 5.74) is 7.68. The number of aromatic nitrogens is 2. The summed E-state index contributed by atoms with van der Waals surface area (Å²) >= 11 is 0. The van der Waals surface area contributed by atoms with Crippen molar-refractivity contribution in [3.05, 3.63) is 102 Å². The second-order valence-corrected chi connectivity index (χ2v) is 19.0. The third kappa shape index (κ3) is 18.5. The molecule has 62 heavy (non-hydrogen) atoms. The molecule has 0 aliphatic rings. The van der Waals surface area contributed by atoms with Gasteiger partial charge in [-0.1, -0.05) is 127 Å². The number of nitrogens with two attached hydrogens (primary N) is 1. The van der Waals surface area contributed by atoms with E-state index in [9.17, 15) is 30.8 Å². The van der Waals surface area contributed by atoms with Crippen molar-refractivity contribution in [2.24, 2.45) is 11.8 Å². The Labute approximate surface area is 366 Å². The lowest BCUT2D eigenvalue weighted by Crippen LogP contribution is -2.18. The molecule has 2 unspecified atom stereocenters. The van der Waals surface area contributed by atoms with E-state index in [1.54, 1.807) is 0 Å². The molecule has 0 aliphatic carbocycles. The van der Waals surface area contributed by atoms with E-state index in [-0.39, 0.29) is 54.3 Å². The molecule has 2 aromatic carbocycles. The Balaban J connectivity index is 0.000000330. The lowest BCUT2D eigenvalue weighted by Gasteiger charge is -2.14. The van der Waals surface area contributed by atoms with Crippen LogP contribution in [0.15, 0.2) is 95.0 Å². The number of carbonyl (C=O) groups is 2. The average molecular weight is 900 g/mol. The van der Waals surface area contributed by atoms with Crippen LogP contribution in [-0.4, -0.2) is 63.5 Å². The van der Waals surface area contributed by atoms with Crippen LogP contribution in [0.3, 0.4) is 0 Å². The Kier molecular flexibility index (Phi) is 22.4. The zero-order valence-corrected chi connectivity index (χ0v) is 37.9. The van der Waals surface area contributed by atoms with Crippen LogP contribution in [0.4, 0.5) is 10.2 Å². The molecule has 0 amide bonds. The van der Waals surface area contributed by atoms with Crippen LogP contribution in [0.1, 0.15) is 103 Å². The molecular formula is C46H62FN3O10S2. The summed E-state index contributed by atoms with van der Waals surface area (Å²) in [6.07, 6.45) is 7.58. The number of nitrogen functional groups attached to an aromatic ring is 1. The first-order valence-corrected chi connectivity index (χ1v) is 24.5. The number of sulfone groups is 2. The molecule has 0 saturated carbocycles. The number of benzene rings is 2. The van der Waals surface area contributed by atoms with Gasteiger partial charge in [-0.25, -0.2) is 26.8 Å². The minimum atomic E-state index is -3.93. The Morgan fingerprint density at radius 3 is 1.44 bits per heavy atom. The molecule has 0 saturated heterocycles. The molecule has 13 nitrogen and oxygen atoms in total. The summed E-state index contributed by atoms with van der Waals surface area (Å²) in [5.74, 6) is -2.24. The highest BCUT2D eigenvalue weighted by atomic mass is 32.2. The van der Waals surface area contributed by atoms with E-state index in [4.69, 9.17) is 24.7 Å². The number of rotatable bonds is 26. The van der Waals surface area contributed by atoms with Crippen LogP contribution in [0.25, 0.3) is 0 Å². The van der Waals surface area contributed by atoms with E-state index in [2.05, 4.69) is 30.7 Å². The van der Waals surface area contributed by atoms with Crippen molar-refractivity contribution < 1.29 is 49.8 Å². The van der Waals surface area contributed by atoms with E-state index in [0.29, 0.717) is 24.9 Å². The summed E-state index contributed by atoms with van der Waals surface area (Å²) in [6.45, 7) is 9.35. The summed E-state index contributed by atoms with van der Waals surface area (Å²) in [5, 5.41) is -0.613.